The fourth-order valence-electron chi connectivity index (χ4n) is 2.45. The summed E-state index contributed by atoms with van der Waals surface area (Å²) in [5.74, 6) is -0.0427. The van der Waals surface area contributed by atoms with Gasteiger partial charge < -0.3 is 11.1 Å². The van der Waals surface area contributed by atoms with Gasteiger partial charge in [0.1, 0.15) is 5.69 Å². The quantitative estimate of drug-likeness (QED) is 0.878. The summed E-state index contributed by atoms with van der Waals surface area (Å²) in [4.78, 5) is 16.5. The Morgan fingerprint density at radius 1 is 1.50 bits per heavy atom. The van der Waals surface area contributed by atoms with Gasteiger partial charge in [0, 0.05) is 17.3 Å². The molecule has 1 aromatic rings. The van der Waals surface area contributed by atoms with Crippen LogP contribution in [0, 0.1) is 0 Å². The molecule has 3 N–H and O–H groups in total. The average molecular weight is 267 g/mol. The minimum absolute atomic E-state index is 0.0427. The van der Waals surface area contributed by atoms with E-state index in [4.69, 9.17) is 5.73 Å². The van der Waals surface area contributed by atoms with Crippen LogP contribution in [0.4, 0.5) is 0 Å². The van der Waals surface area contributed by atoms with Crippen molar-refractivity contribution < 1.29 is 4.79 Å². The van der Waals surface area contributed by atoms with E-state index in [1.54, 1.807) is 0 Å². The third-order valence-corrected chi connectivity index (χ3v) is 4.42. The van der Waals surface area contributed by atoms with Gasteiger partial charge in [-0.1, -0.05) is 19.3 Å². The minimum Gasteiger partial charge on any atom is -0.346 e. The van der Waals surface area contributed by atoms with Crippen LogP contribution in [0.3, 0.4) is 0 Å². The second-order valence-corrected chi connectivity index (χ2v) is 6.18. The van der Waals surface area contributed by atoms with Crippen molar-refractivity contribution in [3.63, 3.8) is 0 Å². The van der Waals surface area contributed by atoms with Crippen molar-refractivity contribution in [1.29, 1.82) is 0 Å². The molecule has 0 aromatic carbocycles. The first-order valence-corrected chi connectivity index (χ1v) is 7.48. The molecule has 1 saturated carbocycles. The van der Waals surface area contributed by atoms with Gasteiger partial charge in [0.05, 0.1) is 5.01 Å². The maximum Gasteiger partial charge on any atom is 0.271 e. The Hall–Kier alpha value is -0.940. The van der Waals surface area contributed by atoms with Gasteiger partial charge in [-0.3, -0.25) is 4.79 Å². The van der Waals surface area contributed by atoms with E-state index >= 15 is 0 Å². The molecule has 0 spiro atoms. The molecular weight excluding hydrogens is 246 g/mol. The van der Waals surface area contributed by atoms with Gasteiger partial charge in [0.25, 0.3) is 5.91 Å². The van der Waals surface area contributed by atoms with E-state index in [9.17, 15) is 4.79 Å². The maximum absolute atomic E-state index is 12.1. The molecule has 1 heterocycles. The van der Waals surface area contributed by atoms with Crippen LogP contribution < -0.4 is 11.1 Å². The first-order valence-electron chi connectivity index (χ1n) is 6.60. The molecule has 100 valence electrons. The van der Waals surface area contributed by atoms with Crippen molar-refractivity contribution in [3.8, 4) is 0 Å². The van der Waals surface area contributed by atoms with E-state index in [-0.39, 0.29) is 11.4 Å². The molecule has 0 unspecified atom stereocenters. The molecule has 5 heteroatoms. The van der Waals surface area contributed by atoms with Gasteiger partial charge in [-0.25, -0.2) is 4.98 Å². The molecule has 0 atom stereocenters. The van der Waals surface area contributed by atoms with Gasteiger partial charge in [-0.2, -0.15) is 0 Å². The molecule has 0 radical (unpaired) electrons. The summed E-state index contributed by atoms with van der Waals surface area (Å²) in [5.41, 5.74) is 5.97. The van der Waals surface area contributed by atoms with Gasteiger partial charge in [0.2, 0.25) is 0 Å². The molecule has 1 aliphatic carbocycles. The molecule has 2 rings (SSSR count). The minimum atomic E-state index is -0.0486. The van der Waals surface area contributed by atoms with Crippen LogP contribution in [0.2, 0.25) is 0 Å². The Morgan fingerprint density at radius 2 is 2.22 bits per heavy atom. The van der Waals surface area contributed by atoms with Gasteiger partial charge in [-0.05, 0) is 26.3 Å². The zero-order valence-electron chi connectivity index (χ0n) is 10.9. The number of carbonyl (C=O) groups is 1. The fraction of sp³-hybridized carbons (Fsp3) is 0.692. The van der Waals surface area contributed by atoms with Gasteiger partial charge in [-0.15, -0.1) is 11.3 Å². The topological polar surface area (TPSA) is 68.0 Å². The summed E-state index contributed by atoms with van der Waals surface area (Å²) >= 11 is 1.51. The summed E-state index contributed by atoms with van der Waals surface area (Å²) in [6.07, 6.45) is 6.56. The Labute approximate surface area is 112 Å². The Morgan fingerprint density at radius 3 is 2.89 bits per heavy atom. The third kappa shape index (κ3) is 3.29. The Balaban J connectivity index is 1.97. The van der Waals surface area contributed by atoms with Crippen molar-refractivity contribution >= 4 is 17.2 Å². The molecule has 1 aliphatic rings. The van der Waals surface area contributed by atoms with Crippen molar-refractivity contribution in [2.45, 2.75) is 51.0 Å². The summed E-state index contributed by atoms with van der Waals surface area (Å²) in [5, 5.41) is 5.91. The zero-order valence-corrected chi connectivity index (χ0v) is 11.7. The monoisotopic (exact) mass is 267 g/mol. The second-order valence-electron chi connectivity index (χ2n) is 5.24. The van der Waals surface area contributed by atoms with Crippen LogP contribution in [-0.2, 0) is 6.42 Å². The number of nitrogens with zero attached hydrogens (tertiary/aromatic N) is 1. The summed E-state index contributed by atoms with van der Waals surface area (Å²) in [7, 11) is 0. The van der Waals surface area contributed by atoms with Crippen molar-refractivity contribution in [2.75, 3.05) is 6.54 Å². The van der Waals surface area contributed by atoms with E-state index in [1.165, 1.54) is 30.6 Å². The van der Waals surface area contributed by atoms with Crippen LogP contribution in [0.25, 0.3) is 0 Å². The number of aromatic nitrogens is 1. The molecule has 1 amide bonds. The van der Waals surface area contributed by atoms with Crippen LogP contribution in [0.1, 0.15) is 54.5 Å². The van der Waals surface area contributed by atoms with E-state index in [0.29, 0.717) is 12.2 Å². The number of hydrogen-bond donors (Lipinski definition) is 2. The molecule has 18 heavy (non-hydrogen) atoms. The van der Waals surface area contributed by atoms with E-state index in [0.717, 1.165) is 24.3 Å². The molecule has 1 aromatic heterocycles. The summed E-state index contributed by atoms with van der Waals surface area (Å²) in [6, 6.07) is 0. The van der Waals surface area contributed by atoms with Crippen LogP contribution in [0.15, 0.2) is 5.38 Å². The molecule has 4 nitrogen and oxygen atoms in total. The van der Waals surface area contributed by atoms with Crippen LogP contribution in [0.5, 0.6) is 0 Å². The number of nitrogens with two attached hydrogens (primary N) is 1. The largest absolute Gasteiger partial charge is 0.346 e. The van der Waals surface area contributed by atoms with Crippen molar-refractivity contribution in [1.82, 2.24) is 10.3 Å². The highest BCUT2D eigenvalue weighted by atomic mass is 32.1. The fourth-order valence-corrected chi connectivity index (χ4v) is 3.24. The van der Waals surface area contributed by atoms with Gasteiger partial charge >= 0.3 is 0 Å². The number of amides is 1. The predicted molar refractivity (Wildman–Crippen MR) is 73.8 cm³/mol. The summed E-state index contributed by atoms with van der Waals surface area (Å²) < 4.78 is 0. The Bertz CT molecular complexity index is 410. The first kappa shape index (κ1) is 13.5. The first-order chi connectivity index (χ1) is 8.63. The number of rotatable bonds is 4. The maximum atomic E-state index is 12.1. The SMILES string of the molecule is CC1(NC(=O)c2csc(CCN)n2)CCCCC1. The van der Waals surface area contributed by atoms with Crippen LogP contribution >= 0.6 is 11.3 Å². The highest BCUT2D eigenvalue weighted by Crippen LogP contribution is 2.27. The average Bonchev–Trinajstić information content (AvgIpc) is 2.78. The second kappa shape index (κ2) is 5.80. The molecule has 1 fully saturated rings. The Kier molecular flexibility index (Phi) is 4.35. The van der Waals surface area contributed by atoms with Crippen molar-refractivity contribution in [3.05, 3.63) is 16.1 Å². The standard InChI is InChI=1S/C13H21N3OS/c1-13(6-3-2-4-7-13)16-12(17)10-9-18-11(15-10)5-8-14/h9H,2-8,14H2,1H3,(H,16,17). The normalized spacial score (nSPS) is 18.6. The molecule has 0 aliphatic heterocycles. The zero-order chi connectivity index (χ0) is 13.0. The lowest BCUT2D eigenvalue weighted by atomic mass is 9.83. The predicted octanol–water partition coefficient (Wildman–Crippen LogP) is 2.10. The molecule has 0 saturated heterocycles. The van der Waals surface area contributed by atoms with E-state index in [2.05, 4.69) is 17.2 Å². The lowest BCUT2D eigenvalue weighted by molar-refractivity contribution is 0.0878. The number of nitrogens with one attached hydrogen (secondary N) is 1. The van der Waals surface area contributed by atoms with Crippen LogP contribution in [-0.4, -0.2) is 23.0 Å². The number of carbonyl (C=O) groups excluding carboxylic acids is 1. The summed E-state index contributed by atoms with van der Waals surface area (Å²) in [6.45, 7) is 2.71. The third-order valence-electron chi connectivity index (χ3n) is 3.52. The molecule has 0 bridgehead atoms. The number of thiazole rings is 1. The lowest BCUT2D eigenvalue weighted by Gasteiger charge is -2.34. The smallest absolute Gasteiger partial charge is 0.271 e. The van der Waals surface area contributed by atoms with E-state index in [1.807, 2.05) is 5.38 Å². The van der Waals surface area contributed by atoms with Gasteiger partial charge in [0.15, 0.2) is 0 Å². The highest BCUT2D eigenvalue weighted by molar-refractivity contribution is 7.09. The number of hydrogen-bond acceptors (Lipinski definition) is 4. The van der Waals surface area contributed by atoms with E-state index < -0.39 is 0 Å². The highest BCUT2D eigenvalue weighted by Gasteiger charge is 2.29. The molecular formula is C13H21N3OS. The van der Waals surface area contributed by atoms with Crippen molar-refractivity contribution in [2.24, 2.45) is 5.73 Å². The lowest BCUT2D eigenvalue weighted by Crippen LogP contribution is -2.47.